The van der Waals surface area contributed by atoms with E-state index in [0.717, 1.165) is 18.5 Å². The fourth-order valence-electron chi connectivity index (χ4n) is 2.32. The van der Waals surface area contributed by atoms with Gasteiger partial charge in [-0.15, -0.1) is 11.3 Å². The SMILES string of the molecule is Cc1csc(CC2CCCCCC2O)n1. The minimum atomic E-state index is -0.100. The first kappa shape index (κ1) is 11.1. The first-order valence-electron chi connectivity index (χ1n) is 5.85. The van der Waals surface area contributed by atoms with Crippen LogP contribution in [0.4, 0.5) is 0 Å². The number of aryl methyl sites for hydroxylation is 1. The number of nitrogens with zero attached hydrogens (tertiary/aromatic N) is 1. The fourth-order valence-corrected chi connectivity index (χ4v) is 3.19. The van der Waals surface area contributed by atoms with E-state index in [0.29, 0.717) is 5.92 Å². The molecule has 84 valence electrons. The number of rotatable bonds is 2. The van der Waals surface area contributed by atoms with E-state index in [1.165, 1.54) is 30.7 Å². The van der Waals surface area contributed by atoms with E-state index >= 15 is 0 Å². The Morgan fingerprint density at radius 2 is 2.20 bits per heavy atom. The summed E-state index contributed by atoms with van der Waals surface area (Å²) in [5.74, 6) is 0.443. The number of aliphatic hydroxyl groups is 1. The van der Waals surface area contributed by atoms with Crippen LogP contribution >= 0.6 is 11.3 Å². The Morgan fingerprint density at radius 1 is 1.40 bits per heavy atom. The van der Waals surface area contributed by atoms with E-state index in [4.69, 9.17) is 0 Å². The number of aromatic nitrogens is 1. The molecule has 1 fully saturated rings. The predicted molar refractivity (Wildman–Crippen MR) is 63.1 cm³/mol. The zero-order valence-electron chi connectivity index (χ0n) is 9.28. The van der Waals surface area contributed by atoms with Gasteiger partial charge >= 0.3 is 0 Å². The first-order valence-corrected chi connectivity index (χ1v) is 6.73. The lowest BCUT2D eigenvalue weighted by Gasteiger charge is -2.18. The van der Waals surface area contributed by atoms with Gasteiger partial charge in [-0.3, -0.25) is 0 Å². The molecule has 0 spiro atoms. The average Bonchev–Trinajstić information content (AvgIpc) is 2.50. The summed E-state index contributed by atoms with van der Waals surface area (Å²) < 4.78 is 0. The summed E-state index contributed by atoms with van der Waals surface area (Å²) >= 11 is 1.73. The summed E-state index contributed by atoms with van der Waals surface area (Å²) in [6.45, 7) is 2.03. The Morgan fingerprint density at radius 3 is 2.93 bits per heavy atom. The van der Waals surface area contributed by atoms with Gasteiger partial charge in [0.05, 0.1) is 11.1 Å². The second-order valence-corrected chi connectivity index (χ2v) is 5.49. The highest BCUT2D eigenvalue weighted by molar-refractivity contribution is 7.09. The molecule has 0 amide bonds. The molecule has 2 nitrogen and oxygen atoms in total. The molecule has 0 aliphatic heterocycles. The van der Waals surface area contributed by atoms with Gasteiger partial charge < -0.3 is 5.11 Å². The van der Waals surface area contributed by atoms with Crippen molar-refractivity contribution >= 4 is 11.3 Å². The van der Waals surface area contributed by atoms with Crippen molar-refractivity contribution in [2.45, 2.75) is 51.6 Å². The molecule has 1 heterocycles. The lowest BCUT2D eigenvalue weighted by atomic mass is 9.94. The Hall–Kier alpha value is -0.410. The third-order valence-electron chi connectivity index (χ3n) is 3.22. The molecular formula is C12H19NOS. The molecule has 3 heteroatoms. The number of hydrogen-bond donors (Lipinski definition) is 1. The van der Waals surface area contributed by atoms with Gasteiger partial charge in [-0.1, -0.05) is 19.3 Å². The molecule has 1 saturated carbocycles. The Labute approximate surface area is 95.4 Å². The molecule has 0 radical (unpaired) electrons. The van der Waals surface area contributed by atoms with Gasteiger partial charge in [-0.25, -0.2) is 4.98 Å². The van der Waals surface area contributed by atoms with E-state index in [1.54, 1.807) is 11.3 Å². The van der Waals surface area contributed by atoms with Gasteiger partial charge in [0.25, 0.3) is 0 Å². The summed E-state index contributed by atoms with van der Waals surface area (Å²) in [5, 5.41) is 13.3. The smallest absolute Gasteiger partial charge is 0.0931 e. The van der Waals surface area contributed by atoms with Crippen LogP contribution in [0.1, 0.15) is 42.8 Å². The molecule has 1 aliphatic rings. The van der Waals surface area contributed by atoms with Crippen LogP contribution in [0.15, 0.2) is 5.38 Å². The third kappa shape index (κ3) is 3.02. The highest BCUT2D eigenvalue weighted by Crippen LogP contribution is 2.27. The highest BCUT2D eigenvalue weighted by atomic mass is 32.1. The van der Waals surface area contributed by atoms with Gasteiger partial charge in [0.15, 0.2) is 0 Å². The van der Waals surface area contributed by atoms with Crippen molar-refractivity contribution in [3.63, 3.8) is 0 Å². The molecule has 15 heavy (non-hydrogen) atoms. The minimum Gasteiger partial charge on any atom is -0.393 e. The quantitative estimate of drug-likeness (QED) is 0.785. The van der Waals surface area contributed by atoms with Gasteiger partial charge in [0.1, 0.15) is 0 Å². The maximum absolute atomic E-state index is 9.99. The Kier molecular flexibility index (Phi) is 3.76. The monoisotopic (exact) mass is 225 g/mol. The normalized spacial score (nSPS) is 27.6. The summed E-state index contributed by atoms with van der Waals surface area (Å²) in [5.41, 5.74) is 1.11. The van der Waals surface area contributed by atoms with Gasteiger partial charge in [-0.2, -0.15) is 0 Å². The van der Waals surface area contributed by atoms with Crippen molar-refractivity contribution in [1.29, 1.82) is 0 Å². The van der Waals surface area contributed by atoms with Crippen molar-refractivity contribution in [2.75, 3.05) is 0 Å². The van der Waals surface area contributed by atoms with Crippen LogP contribution in [0.2, 0.25) is 0 Å². The topological polar surface area (TPSA) is 33.1 Å². The zero-order chi connectivity index (χ0) is 10.7. The predicted octanol–water partition coefficient (Wildman–Crippen LogP) is 2.94. The van der Waals surface area contributed by atoms with Crippen molar-refractivity contribution in [1.82, 2.24) is 4.98 Å². The van der Waals surface area contributed by atoms with Crippen molar-refractivity contribution in [3.8, 4) is 0 Å². The molecular weight excluding hydrogens is 206 g/mol. The zero-order valence-corrected chi connectivity index (χ0v) is 10.1. The summed E-state index contributed by atoms with van der Waals surface area (Å²) in [4.78, 5) is 4.48. The molecule has 1 aromatic heterocycles. The lowest BCUT2D eigenvalue weighted by molar-refractivity contribution is 0.101. The molecule has 2 rings (SSSR count). The Bertz CT molecular complexity index is 310. The first-order chi connectivity index (χ1) is 7.25. The van der Waals surface area contributed by atoms with Gasteiger partial charge in [0, 0.05) is 17.5 Å². The lowest BCUT2D eigenvalue weighted by Crippen LogP contribution is -2.20. The minimum absolute atomic E-state index is 0.100. The summed E-state index contributed by atoms with van der Waals surface area (Å²) in [6, 6.07) is 0. The molecule has 0 saturated heterocycles. The molecule has 1 aliphatic carbocycles. The summed E-state index contributed by atoms with van der Waals surface area (Å²) in [7, 11) is 0. The van der Waals surface area contributed by atoms with Crippen LogP contribution in [0.5, 0.6) is 0 Å². The van der Waals surface area contributed by atoms with Crippen molar-refractivity contribution in [3.05, 3.63) is 16.1 Å². The van der Waals surface area contributed by atoms with E-state index in [9.17, 15) is 5.11 Å². The number of aliphatic hydroxyl groups excluding tert-OH is 1. The maximum atomic E-state index is 9.99. The molecule has 0 aromatic carbocycles. The van der Waals surface area contributed by atoms with E-state index in [1.807, 2.05) is 6.92 Å². The maximum Gasteiger partial charge on any atom is 0.0931 e. The van der Waals surface area contributed by atoms with E-state index < -0.39 is 0 Å². The summed E-state index contributed by atoms with van der Waals surface area (Å²) in [6.07, 6.45) is 6.76. The molecule has 0 bridgehead atoms. The largest absolute Gasteiger partial charge is 0.393 e. The van der Waals surface area contributed by atoms with Crippen LogP contribution in [0.3, 0.4) is 0 Å². The van der Waals surface area contributed by atoms with E-state index in [2.05, 4.69) is 10.4 Å². The van der Waals surface area contributed by atoms with Crippen molar-refractivity contribution in [2.24, 2.45) is 5.92 Å². The average molecular weight is 225 g/mol. The van der Waals surface area contributed by atoms with Crippen LogP contribution in [0.25, 0.3) is 0 Å². The fraction of sp³-hybridized carbons (Fsp3) is 0.750. The number of thiazole rings is 1. The number of hydrogen-bond acceptors (Lipinski definition) is 3. The Balaban J connectivity index is 1.97. The molecule has 2 unspecified atom stereocenters. The van der Waals surface area contributed by atoms with Crippen LogP contribution in [-0.2, 0) is 6.42 Å². The second-order valence-electron chi connectivity index (χ2n) is 4.55. The second kappa shape index (κ2) is 5.08. The van der Waals surface area contributed by atoms with E-state index in [-0.39, 0.29) is 6.10 Å². The van der Waals surface area contributed by atoms with Crippen molar-refractivity contribution < 1.29 is 5.11 Å². The van der Waals surface area contributed by atoms with Crippen LogP contribution in [-0.4, -0.2) is 16.2 Å². The molecule has 2 atom stereocenters. The molecule has 1 aromatic rings. The molecule has 1 N–H and O–H groups in total. The van der Waals surface area contributed by atoms with Gasteiger partial charge in [-0.05, 0) is 25.7 Å². The van der Waals surface area contributed by atoms with Crippen LogP contribution < -0.4 is 0 Å². The highest BCUT2D eigenvalue weighted by Gasteiger charge is 2.22. The van der Waals surface area contributed by atoms with Gasteiger partial charge in [0.2, 0.25) is 0 Å². The standard InChI is InChI=1S/C12H19NOS/c1-9-8-15-12(13-9)7-10-5-3-2-4-6-11(10)14/h8,10-11,14H,2-7H2,1H3. The third-order valence-corrected chi connectivity index (χ3v) is 4.21. The van der Waals surface area contributed by atoms with Crippen LogP contribution in [0, 0.1) is 12.8 Å².